The summed E-state index contributed by atoms with van der Waals surface area (Å²) >= 11 is 3.21. The van der Waals surface area contributed by atoms with Crippen LogP contribution >= 0.6 is 15.9 Å². The summed E-state index contributed by atoms with van der Waals surface area (Å²) in [5.41, 5.74) is 0.534. The molecule has 18 heavy (non-hydrogen) atoms. The molecule has 0 bridgehead atoms. The van der Waals surface area contributed by atoms with Crippen molar-refractivity contribution in [1.29, 1.82) is 0 Å². The molecular formula is C13H17BrN2O2. The number of carbonyl (C=O) groups excluding carboxylic acids is 1. The summed E-state index contributed by atoms with van der Waals surface area (Å²) in [6.45, 7) is 4.55. The number of aromatic hydroxyl groups is 1. The number of nitrogens with zero attached hydrogens (tertiary/aromatic N) is 2. The van der Waals surface area contributed by atoms with Crippen LogP contribution in [0.4, 0.5) is 0 Å². The van der Waals surface area contributed by atoms with Crippen molar-refractivity contribution < 1.29 is 9.90 Å². The Morgan fingerprint density at radius 1 is 1.44 bits per heavy atom. The van der Waals surface area contributed by atoms with Gasteiger partial charge in [-0.3, -0.25) is 4.79 Å². The highest BCUT2D eigenvalue weighted by Crippen LogP contribution is 2.25. The van der Waals surface area contributed by atoms with E-state index in [9.17, 15) is 9.90 Å². The normalized spacial score (nSPS) is 21.1. The van der Waals surface area contributed by atoms with Crippen molar-refractivity contribution in [3.05, 3.63) is 28.2 Å². The Balaban J connectivity index is 2.18. The van der Waals surface area contributed by atoms with Gasteiger partial charge in [-0.2, -0.15) is 0 Å². The molecule has 1 fully saturated rings. The Labute approximate surface area is 115 Å². The number of phenols is 1. The van der Waals surface area contributed by atoms with Gasteiger partial charge >= 0.3 is 0 Å². The molecule has 1 aromatic rings. The van der Waals surface area contributed by atoms with Gasteiger partial charge in [0.25, 0.3) is 5.91 Å². The predicted octanol–water partition coefficient (Wildman–Crippen LogP) is 1.93. The fourth-order valence-corrected chi connectivity index (χ4v) is 2.50. The van der Waals surface area contributed by atoms with Gasteiger partial charge in [-0.15, -0.1) is 0 Å². The van der Waals surface area contributed by atoms with E-state index in [2.05, 4.69) is 27.9 Å². The van der Waals surface area contributed by atoms with Crippen LogP contribution in [-0.4, -0.2) is 53.5 Å². The highest BCUT2D eigenvalue weighted by atomic mass is 79.9. The summed E-state index contributed by atoms with van der Waals surface area (Å²) in [5.74, 6) is 0.0843. The van der Waals surface area contributed by atoms with Crippen LogP contribution in [0.15, 0.2) is 22.7 Å². The average molecular weight is 313 g/mol. The van der Waals surface area contributed by atoms with Crippen molar-refractivity contribution >= 4 is 21.8 Å². The zero-order valence-corrected chi connectivity index (χ0v) is 12.1. The number of piperazine rings is 1. The van der Waals surface area contributed by atoms with E-state index in [0.717, 1.165) is 19.6 Å². The monoisotopic (exact) mass is 312 g/mol. The standard InChI is InChI=1S/C13H17BrN2O2/c1-9-8-15(2)5-6-16(9)13(18)10-3-4-11(14)12(17)7-10/h3-4,7,9,17H,5-6,8H2,1-2H3. The Morgan fingerprint density at radius 2 is 2.17 bits per heavy atom. The lowest BCUT2D eigenvalue weighted by molar-refractivity contribution is 0.0533. The lowest BCUT2D eigenvalue weighted by Gasteiger charge is -2.38. The topological polar surface area (TPSA) is 43.8 Å². The van der Waals surface area contributed by atoms with Gasteiger partial charge in [-0.1, -0.05) is 0 Å². The third-order valence-electron chi connectivity index (χ3n) is 3.28. The first-order chi connectivity index (χ1) is 8.49. The van der Waals surface area contributed by atoms with Crippen molar-refractivity contribution in [3.63, 3.8) is 0 Å². The zero-order valence-electron chi connectivity index (χ0n) is 10.6. The minimum atomic E-state index is -0.0154. The number of carbonyl (C=O) groups is 1. The molecule has 0 radical (unpaired) electrons. The maximum atomic E-state index is 12.4. The lowest BCUT2D eigenvalue weighted by Crippen LogP contribution is -2.52. The number of likely N-dealkylation sites (N-methyl/N-ethyl adjacent to an activating group) is 1. The smallest absolute Gasteiger partial charge is 0.254 e. The van der Waals surface area contributed by atoms with Crippen LogP contribution in [0.3, 0.4) is 0 Å². The first kappa shape index (κ1) is 13.4. The number of hydrogen-bond donors (Lipinski definition) is 1. The van der Waals surface area contributed by atoms with E-state index >= 15 is 0 Å². The molecule has 0 aromatic heterocycles. The predicted molar refractivity (Wildman–Crippen MR) is 73.8 cm³/mol. The minimum Gasteiger partial charge on any atom is -0.507 e. The van der Waals surface area contributed by atoms with Gasteiger partial charge < -0.3 is 14.9 Å². The molecule has 1 atom stereocenters. The molecule has 1 aliphatic heterocycles. The first-order valence-electron chi connectivity index (χ1n) is 5.97. The van der Waals surface area contributed by atoms with Gasteiger partial charge in [-0.05, 0) is 48.1 Å². The van der Waals surface area contributed by atoms with E-state index in [1.165, 1.54) is 6.07 Å². The summed E-state index contributed by atoms with van der Waals surface area (Å²) in [5, 5.41) is 9.63. The molecule has 98 valence electrons. The SMILES string of the molecule is CC1CN(C)CCN1C(=O)c1ccc(Br)c(O)c1. The molecule has 4 nitrogen and oxygen atoms in total. The van der Waals surface area contributed by atoms with Gasteiger partial charge in [0, 0.05) is 31.2 Å². The van der Waals surface area contributed by atoms with E-state index in [0.29, 0.717) is 10.0 Å². The number of hydrogen-bond acceptors (Lipinski definition) is 3. The quantitative estimate of drug-likeness (QED) is 0.861. The maximum Gasteiger partial charge on any atom is 0.254 e. The number of rotatable bonds is 1. The molecule has 0 saturated carbocycles. The van der Waals surface area contributed by atoms with Crippen LogP contribution in [0.25, 0.3) is 0 Å². The molecule has 2 rings (SSSR count). The van der Waals surface area contributed by atoms with Crippen LogP contribution in [-0.2, 0) is 0 Å². The number of halogens is 1. The summed E-state index contributed by atoms with van der Waals surface area (Å²) in [7, 11) is 2.06. The third kappa shape index (κ3) is 2.67. The molecule has 1 aromatic carbocycles. The molecule has 5 heteroatoms. The second-order valence-corrected chi connectivity index (χ2v) is 5.63. The third-order valence-corrected chi connectivity index (χ3v) is 3.96. The Hall–Kier alpha value is -1.07. The van der Waals surface area contributed by atoms with Crippen molar-refractivity contribution in [2.75, 3.05) is 26.7 Å². The number of amides is 1. The number of phenolic OH excluding ortho intramolecular Hbond substituents is 1. The maximum absolute atomic E-state index is 12.4. The zero-order chi connectivity index (χ0) is 13.3. The fraction of sp³-hybridized carbons (Fsp3) is 0.462. The Bertz CT molecular complexity index is 464. The Kier molecular flexibility index (Phi) is 3.92. The highest BCUT2D eigenvalue weighted by Gasteiger charge is 2.26. The summed E-state index contributed by atoms with van der Waals surface area (Å²) in [6, 6.07) is 5.14. The second kappa shape index (κ2) is 5.28. The van der Waals surface area contributed by atoms with E-state index in [1.54, 1.807) is 12.1 Å². The minimum absolute atomic E-state index is 0.0154. The van der Waals surface area contributed by atoms with Crippen LogP contribution in [0, 0.1) is 0 Å². The first-order valence-corrected chi connectivity index (χ1v) is 6.76. The van der Waals surface area contributed by atoms with Gasteiger partial charge in [0.15, 0.2) is 0 Å². The molecule has 0 spiro atoms. The van der Waals surface area contributed by atoms with Crippen molar-refractivity contribution in [2.45, 2.75) is 13.0 Å². The molecule has 1 unspecified atom stereocenters. The fourth-order valence-electron chi connectivity index (χ4n) is 2.25. The molecule has 1 heterocycles. The van der Waals surface area contributed by atoms with Crippen LogP contribution in [0.5, 0.6) is 5.75 Å². The van der Waals surface area contributed by atoms with Crippen molar-refractivity contribution in [3.8, 4) is 5.75 Å². The summed E-state index contributed by atoms with van der Waals surface area (Å²) in [6.07, 6.45) is 0. The van der Waals surface area contributed by atoms with Gasteiger partial charge in [0.2, 0.25) is 0 Å². The lowest BCUT2D eigenvalue weighted by atomic mass is 10.1. The van der Waals surface area contributed by atoms with Gasteiger partial charge in [0.05, 0.1) is 4.47 Å². The molecule has 1 N–H and O–H groups in total. The van der Waals surface area contributed by atoms with E-state index in [-0.39, 0.29) is 17.7 Å². The average Bonchev–Trinajstić information content (AvgIpc) is 2.32. The highest BCUT2D eigenvalue weighted by molar-refractivity contribution is 9.10. The van der Waals surface area contributed by atoms with Crippen LogP contribution in [0.2, 0.25) is 0 Å². The molecular weight excluding hydrogens is 296 g/mol. The van der Waals surface area contributed by atoms with Crippen LogP contribution < -0.4 is 0 Å². The molecule has 1 amide bonds. The van der Waals surface area contributed by atoms with E-state index in [4.69, 9.17) is 0 Å². The van der Waals surface area contributed by atoms with Crippen molar-refractivity contribution in [2.24, 2.45) is 0 Å². The molecule has 0 aliphatic carbocycles. The number of benzene rings is 1. The van der Waals surface area contributed by atoms with Crippen molar-refractivity contribution in [1.82, 2.24) is 9.80 Å². The molecule has 1 saturated heterocycles. The van der Waals surface area contributed by atoms with Gasteiger partial charge in [0.1, 0.15) is 5.75 Å². The van der Waals surface area contributed by atoms with E-state index < -0.39 is 0 Å². The van der Waals surface area contributed by atoms with Gasteiger partial charge in [-0.25, -0.2) is 0 Å². The van der Waals surface area contributed by atoms with Crippen LogP contribution in [0.1, 0.15) is 17.3 Å². The molecule has 1 aliphatic rings. The largest absolute Gasteiger partial charge is 0.507 e. The summed E-state index contributed by atoms with van der Waals surface area (Å²) < 4.78 is 0.602. The second-order valence-electron chi connectivity index (χ2n) is 4.78. The Morgan fingerprint density at radius 3 is 2.78 bits per heavy atom. The van der Waals surface area contributed by atoms with E-state index in [1.807, 2.05) is 11.8 Å². The summed E-state index contributed by atoms with van der Waals surface area (Å²) in [4.78, 5) is 16.4.